The molecule has 20 heavy (non-hydrogen) atoms. The summed E-state index contributed by atoms with van der Waals surface area (Å²) in [6, 6.07) is 0. The summed E-state index contributed by atoms with van der Waals surface area (Å²) in [7, 11) is 0. The molecule has 0 aliphatic rings. The van der Waals surface area contributed by atoms with Gasteiger partial charge in [-0.3, -0.25) is 4.79 Å². The summed E-state index contributed by atoms with van der Waals surface area (Å²) >= 11 is 0. The lowest BCUT2D eigenvalue weighted by atomic mass is 10.3. The number of carbonyl (C=O) groups is 1. The van der Waals surface area contributed by atoms with E-state index in [1.807, 2.05) is 0 Å². The maximum absolute atomic E-state index is 10.8. The molecule has 0 saturated carbocycles. The van der Waals surface area contributed by atoms with Gasteiger partial charge < -0.3 is 14.4 Å². The van der Waals surface area contributed by atoms with Gasteiger partial charge in [0.1, 0.15) is 12.2 Å². The number of hydrogen-bond acceptors (Lipinski definition) is 4. The van der Waals surface area contributed by atoms with Crippen molar-refractivity contribution in [3.05, 3.63) is 30.0 Å². The largest absolute Gasteiger partial charge is 0.480 e. The maximum atomic E-state index is 10.8. The first kappa shape index (κ1) is 15.9. The van der Waals surface area contributed by atoms with Crippen LogP contribution in [0.25, 0.3) is 0 Å². The highest BCUT2D eigenvalue weighted by Gasteiger charge is 2.15. The third kappa shape index (κ3) is 4.53. The number of aliphatic carboxylic acids is 1. The van der Waals surface area contributed by atoms with Crippen molar-refractivity contribution in [2.24, 2.45) is 4.99 Å². The van der Waals surface area contributed by atoms with Crippen molar-refractivity contribution in [2.75, 3.05) is 6.61 Å². The van der Waals surface area contributed by atoms with E-state index in [1.54, 1.807) is 18.4 Å². The van der Waals surface area contributed by atoms with Gasteiger partial charge in [0.05, 0.1) is 12.9 Å². The van der Waals surface area contributed by atoms with Gasteiger partial charge in [0.25, 0.3) is 0 Å². The number of rotatable bonds is 7. The zero-order valence-corrected chi connectivity index (χ0v) is 12.2. The number of carboxylic acids is 1. The van der Waals surface area contributed by atoms with Gasteiger partial charge >= 0.3 is 5.97 Å². The van der Waals surface area contributed by atoms with E-state index >= 15 is 0 Å². The van der Waals surface area contributed by atoms with Crippen molar-refractivity contribution in [3.63, 3.8) is 0 Å². The average molecular weight is 279 g/mol. The van der Waals surface area contributed by atoms with E-state index < -0.39 is 5.97 Å². The molecule has 0 spiro atoms. The zero-order chi connectivity index (χ0) is 15.1. The quantitative estimate of drug-likeness (QED) is 0.472. The van der Waals surface area contributed by atoms with Crippen molar-refractivity contribution in [2.45, 2.75) is 40.2 Å². The summed E-state index contributed by atoms with van der Waals surface area (Å²) in [5.74, 6) is -0.519. The third-order valence-corrected chi connectivity index (χ3v) is 2.64. The summed E-state index contributed by atoms with van der Waals surface area (Å²) in [5, 5.41) is 8.83. The molecular formula is C14H21N3O3. The van der Waals surface area contributed by atoms with Gasteiger partial charge in [-0.1, -0.05) is 19.9 Å². The molecule has 110 valence electrons. The molecular weight excluding hydrogens is 258 g/mol. The van der Waals surface area contributed by atoms with Gasteiger partial charge in [0.15, 0.2) is 0 Å². The predicted octanol–water partition coefficient (Wildman–Crippen LogP) is 2.37. The molecule has 0 aliphatic carbocycles. The van der Waals surface area contributed by atoms with Crippen molar-refractivity contribution >= 4 is 11.9 Å². The molecule has 1 N–H and O–H groups in total. The molecule has 0 aliphatic heterocycles. The predicted molar refractivity (Wildman–Crippen MR) is 76.8 cm³/mol. The van der Waals surface area contributed by atoms with E-state index in [0.29, 0.717) is 29.6 Å². The summed E-state index contributed by atoms with van der Waals surface area (Å²) in [4.78, 5) is 19.2. The third-order valence-electron chi connectivity index (χ3n) is 2.64. The minimum absolute atomic E-state index is 0.131. The molecule has 1 heterocycles. The fourth-order valence-electron chi connectivity index (χ4n) is 1.60. The smallest absolute Gasteiger partial charge is 0.323 e. The molecule has 0 bridgehead atoms. The number of ether oxygens (including phenoxy) is 1. The monoisotopic (exact) mass is 279 g/mol. The lowest BCUT2D eigenvalue weighted by Gasteiger charge is -2.08. The Morgan fingerprint density at radius 2 is 2.30 bits per heavy atom. The van der Waals surface area contributed by atoms with Crippen molar-refractivity contribution in [1.29, 1.82) is 0 Å². The standard InChI is InChI=1S/C14H21N3O3/c1-5-6-7-20-14(16-10(2)3)13-11(4)17(9-15-13)8-12(18)19/h9H,2,5-8H2,1,3-4H3,(H,18,19). The molecule has 6 nitrogen and oxygen atoms in total. The van der Waals surface area contributed by atoms with E-state index in [0.717, 1.165) is 12.8 Å². The van der Waals surface area contributed by atoms with Crippen LogP contribution >= 0.6 is 0 Å². The summed E-state index contributed by atoms with van der Waals surface area (Å²) < 4.78 is 7.19. The molecule has 0 unspecified atom stereocenters. The number of aliphatic imine (C=N–C) groups is 1. The first-order valence-corrected chi connectivity index (χ1v) is 6.56. The fraction of sp³-hybridized carbons (Fsp3) is 0.500. The second kappa shape index (κ2) is 7.47. The highest BCUT2D eigenvalue weighted by atomic mass is 16.5. The lowest BCUT2D eigenvalue weighted by Crippen LogP contribution is -2.13. The Bertz CT molecular complexity index is 518. The number of allylic oxidation sites excluding steroid dienone is 1. The first-order valence-electron chi connectivity index (χ1n) is 6.56. The molecule has 0 radical (unpaired) electrons. The van der Waals surface area contributed by atoms with E-state index in [1.165, 1.54) is 6.33 Å². The summed E-state index contributed by atoms with van der Waals surface area (Å²) in [5.41, 5.74) is 1.89. The van der Waals surface area contributed by atoms with Crippen LogP contribution in [0.15, 0.2) is 23.6 Å². The van der Waals surface area contributed by atoms with Gasteiger partial charge in [-0.25, -0.2) is 9.98 Å². The Kier molecular flexibility index (Phi) is 5.96. The number of imidazole rings is 1. The van der Waals surface area contributed by atoms with Crippen LogP contribution < -0.4 is 0 Å². The number of unbranched alkanes of at least 4 members (excludes halogenated alkanes) is 1. The number of nitrogens with zero attached hydrogens (tertiary/aromatic N) is 3. The second-order valence-corrected chi connectivity index (χ2v) is 4.55. The molecule has 0 saturated heterocycles. The second-order valence-electron chi connectivity index (χ2n) is 4.55. The summed E-state index contributed by atoms with van der Waals surface area (Å²) in [6.07, 6.45) is 3.42. The Balaban J connectivity index is 2.99. The Morgan fingerprint density at radius 1 is 1.60 bits per heavy atom. The van der Waals surface area contributed by atoms with E-state index in [2.05, 4.69) is 23.5 Å². The molecule has 0 aromatic carbocycles. The number of hydrogen-bond donors (Lipinski definition) is 1. The topological polar surface area (TPSA) is 76.7 Å². The van der Waals surface area contributed by atoms with Gasteiger partial charge in [-0.05, 0) is 20.3 Å². The fourth-order valence-corrected chi connectivity index (χ4v) is 1.60. The zero-order valence-electron chi connectivity index (χ0n) is 12.2. The summed E-state index contributed by atoms with van der Waals surface area (Å²) in [6.45, 7) is 9.80. The molecule has 1 rings (SSSR count). The Morgan fingerprint density at radius 3 is 2.85 bits per heavy atom. The van der Waals surface area contributed by atoms with Crippen molar-refractivity contribution in [3.8, 4) is 0 Å². The molecule has 0 atom stereocenters. The van der Waals surface area contributed by atoms with Crippen LogP contribution in [0.5, 0.6) is 0 Å². The number of carboxylic acid groups (broad SMARTS) is 1. The molecule has 1 aromatic rings. The van der Waals surface area contributed by atoms with Crippen LogP contribution in [0, 0.1) is 6.92 Å². The molecule has 0 amide bonds. The molecule has 6 heteroatoms. The highest BCUT2D eigenvalue weighted by Crippen LogP contribution is 2.11. The van der Waals surface area contributed by atoms with Gasteiger partial charge in [0.2, 0.25) is 5.90 Å². The van der Waals surface area contributed by atoms with Crippen LogP contribution in [0.2, 0.25) is 0 Å². The van der Waals surface area contributed by atoms with Crippen LogP contribution in [0.4, 0.5) is 0 Å². The molecule has 1 aromatic heterocycles. The van der Waals surface area contributed by atoms with Crippen LogP contribution in [0.3, 0.4) is 0 Å². The minimum Gasteiger partial charge on any atom is -0.480 e. The van der Waals surface area contributed by atoms with Crippen LogP contribution in [-0.2, 0) is 16.1 Å². The van der Waals surface area contributed by atoms with Gasteiger partial charge in [0, 0.05) is 11.4 Å². The van der Waals surface area contributed by atoms with E-state index in [-0.39, 0.29) is 6.54 Å². The SMILES string of the molecule is C=C(C)N=C(OCCCC)c1ncn(CC(=O)O)c1C. The van der Waals surface area contributed by atoms with E-state index in [4.69, 9.17) is 9.84 Å². The molecule has 0 fully saturated rings. The average Bonchev–Trinajstić information content (AvgIpc) is 2.69. The minimum atomic E-state index is -0.914. The van der Waals surface area contributed by atoms with Crippen molar-refractivity contribution < 1.29 is 14.6 Å². The Labute approximate surface area is 118 Å². The van der Waals surface area contributed by atoms with Gasteiger partial charge in [-0.15, -0.1) is 0 Å². The van der Waals surface area contributed by atoms with E-state index in [9.17, 15) is 4.79 Å². The van der Waals surface area contributed by atoms with Gasteiger partial charge in [-0.2, -0.15) is 0 Å². The first-order chi connectivity index (χ1) is 9.45. The van der Waals surface area contributed by atoms with Crippen LogP contribution in [-0.4, -0.2) is 33.1 Å². The number of aromatic nitrogens is 2. The maximum Gasteiger partial charge on any atom is 0.323 e. The highest BCUT2D eigenvalue weighted by molar-refractivity contribution is 5.94. The lowest BCUT2D eigenvalue weighted by molar-refractivity contribution is -0.137. The Hall–Kier alpha value is -2.11. The van der Waals surface area contributed by atoms with Crippen LogP contribution in [0.1, 0.15) is 38.1 Å². The van der Waals surface area contributed by atoms with Crippen molar-refractivity contribution in [1.82, 2.24) is 9.55 Å². The normalized spacial score (nSPS) is 11.4.